The Balaban J connectivity index is 1.95. The highest BCUT2D eigenvalue weighted by molar-refractivity contribution is 7.20. The summed E-state index contributed by atoms with van der Waals surface area (Å²) in [6, 6.07) is 6.95. The van der Waals surface area contributed by atoms with E-state index in [-0.39, 0.29) is 6.04 Å². The van der Waals surface area contributed by atoms with Crippen LogP contribution in [0.15, 0.2) is 18.2 Å². The Morgan fingerprint density at radius 2 is 1.95 bits per heavy atom. The fourth-order valence-electron chi connectivity index (χ4n) is 2.12. The van der Waals surface area contributed by atoms with Crippen LogP contribution in [0.1, 0.15) is 35.2 Å². The molecule has 1 N–H and O–H groups in total. The van der Waals surface area contributed by atoms with Crippen molar-refractivity contribution in [2.45, 2.75) is 39.3 Å². The van der Waals surface area contributed by atoms with Crippen LogP contribution >= 0.6 is 45.9 Å². The summed E-state index contributed by atoms with van der Waals surface area (Å²) in [4.78, 5) is 2.78. The fraction of sp³-hybridized carbons (Fsp3) is 0.429. The number of aryl methyl sites for hydroxylation is 1. The highest BCUT2D eigenvalue weighted by atomic mass is 35.5. The molecule has 0 amide bonds. The highest BCUT2D eigenvalue weighted by Gasteiger charge is 2.15. The molecule has 2 rings (SSSR count). The molecule has 2 unspecified atom stereocenters. The van der Waals surface area contributed by atoms with E-state index in [4.69, 9.17) is 23.2 Å². The molecule has 0 aromatic carbocycles. The monoisotopic (exact) mass is 333 g/mol. The molecule has 0 saturated carbocycles. The minimum atomic E-state index is 0.215. The molecule has 2 aromatic rings. The van der Waals surface area contributed by atoms with Crippen molar-refractivity contribution in [2.75, 3.05) is 0 Å². The van der Waals surface area contributed by atoms with E-state index in [2.05, 4.69) is 38.2 Å². The van der Waals surface area contributed by atoms with Crippen LogP contribution in [0, 0.1) is 6.92 Å². The van der Waals surface area contributed by atoms with Gasteiger partial charge in [0.05, 0.1) is 8.67 Å². The van der Waals surface area contributed by atoms with E-state index < -0.39 is 0 Å². The smallest absolute Gasteiger partial charge is 0.0991 e. The van der Waals surface area contributed by atoms with Crippen LogP contribution < -0.4 is 5.32 Å². The lowest BCUT2D eigenvalue weighted by molar-refractivity contribution is 0.480. The summed E-state index contributed by atoms with van der Waals surface area (Å²) in [6.45, 7) is 6.47. The van der Waals surface area contributed by atoms with Crippen molar-refractivity contribution in [2.24, 2.45) is 0 Å². The molecule has 0 radical (unpaired) electrons. The normalized spacial score (nSPS) is 14.6. The van der Waals surface area contributed by atoms with Gasteiger partial charge in [-0.15, -0.1) is 22.7 Å². The van der Waals surface area contributed by atoms with E-state index in [1.54, 1.807) is 0 Å². The van der Waals surface area contributed by atoms with Crippen molar-refractivity contribution in [1.29, 1.82) is 0 Å². The van der Waals surface area contributed by atoms with Gasteiger partial charge in [-0.25, -0.2) is 0 Å². The Bertz CT molecular complexity index is 547. The van der Waals surface area contributed by atoms with Gasteiger partial charge >= 0.3 is 0 Å². The zero-order valence-corrected chi connectivity index (χ0v) is 14.3. The van der Waals surface area contributed by atoms with Crippen molar-refractivity contribution in [3.05, 3.63) is 42.2 Å². The molecule has 5 heteroatoms. The summed E-state index contributed by atoms with van der Waals surface area (Å²) >= 11 is 15.5. The molecule has 0 fully saturated rings. The summed E-state index contributed by atoms with van der Waals surface area (Å²) in [7, 11) is 0. The average Bonchev–Trinajstić information content (AvgIpc) is 2.84. The molecule has 0 aliphatic rings. The number of rotatable bonds is 5. The first kappa shape index (κ1) is 15.3. The van der Waals surface area contributed by atoms with E-state index in [9.17, 15) is 0 Å². The van der Waals surface area contributed by atoms with Crippen molar-refractivity contribution >= 4 is 45.9 Å². The Labute approximate surface area is 132 Å². The topological polar surface area (TPSA) is 12.0 Å². The quantitative estimate of drug-likeness (QED) is 0.739. The number of hydrogen-bond acceptors (Lipinski definition) is 3. The summed E-state index contributed by atoms with van der Waals surface area (Å²) in [5.41, 5.74) is 1.09. The molecule has 2 aromatic heterocycles. The second-order valence-electron chi connectivity index (χ2n) is 4.79. The van der Waals surface area contributed by atoms with E-state index in [0.717, 1.165) is 20.7 Å². The van der Waals surface area contributed by atoms with Gasteiger partial charge in [0, 0.05) is 21.8 Å². The Hall–Kier alpha value is -0.0600. The van der Waals surface area contributed by atoms with Gasteiger partial charge < -0.3 is 5.32 Å². The number of thiophene rings is 2. The van der Waals surface area contributed by atoms with Crippen LogP contribution in [0.25, 0.3) is 0 Å². The largest absolute Gasteiger partial charge is 0.307 e. The fourth-order valence-corrected chi connectivity index (χ4v) is 4.79. The van der Waals surface area contributed by atoms with Gasteiger partial charge in [0.2, 0.25) is 0 Å². The first-order valence-corrected chi connectivity index (χ1v) is 8.60. The molecule has 104 valence electrons. The predicted molar refractivity (Wildman–Crippen MR) is 88.1 cm³/mol. The molecule has 0 spiro atoms. The summed E-state index contributed by atoms with van der Waals surface area (Å²) in [6.07, 6.45) is 1.04. The third-order valence-electron chi connectivity index (χ3n) is 2.99. The lowest BCUT2D eigenvalue weighted by atomic mass is 10.1. The van der Waals surface area contributed by atoms with Crippen LogP contribution in [-0.2, 0) is 6.42 Å². The zero-order chi connectivity index (χ0) is 14.0. The Morgan fingerprint density at radius 1 is 1.21 bits per heavy atom. The van der Waals surface area contributed by atoms with Gasteiger partial charge in [-0.3, -0.25) is 0 Å². The van der Waals surface area contributed by atoms with Crippen LogP contribution in [-0.4, -0.2) is 6.04 Å². The first-order chi connectivity index (χ1) is 8.95. The first-order valence-electron chi connectivity index (χ1n) is 6.22. The van der Waals surface area contributed by atoms with Gasteiger partial charge in [0.1, 0.15) is 0 Å². The lowest BCUT2D eigenvalue weighted by Gasteiger charge is -2.19. The minimum Gasteiger partial charge on any atom is -0.307 e. The van der Waals surface area contributed by atoms with E-state index in [1.807, 2.05) is 17.4 Å². The molecule has 2 atom stereocenters. The van der Waals surface area contributed by atoms with Gasteiger partial charge in [0.15, 0.2) is 0 Å². The number of hydrogen-bond donors (Lipinski definition) is 1. The third-order valence-corrected chi connectivity index (χ3v) is 5.53. The van der Waals surface area contributed by atoms with Crippen molar-refractivity contribution < 1.29 is 0 Å². The minimum absolute atomic E-state index is 0.215. The maximum Gasteiger partial charge on any atom is 0.0991 e. The van der Waals surface area contributed by atoms with Crippen LogP contribution in [0.4, 0.5) is 0 Å². The van der Waals surface area contributed by atoms with Crippen LogP contribution in [0.3, 0.4) is 0 Å². The molecular weight excluding hydrogens is 317 g/mol. The summed E-state index contributed by atoms with van der Waals surface area (Å²) in [5, 5.41) is 3.58. The van der Waals surface area contributed by atoms with Gasteiger partial charge in [0.25, 0.3) is 0 Å². The maximum absolute atomic E-state index is 6.18. The molecule has 0 aliphatic heterocycles. The predicted octanol–water partition coefficient (Wildman–Crippen LogP) is 5.71. The maximum atomic E-state index is 6.18. The lowest BCUT2D eigenvalue weighted by Crippen LogP contribution is -2.30. The van der Waals surface area contributed by atoms with E-state index in [0.29, 0.717) is 6.04 Å². The molecular formula is C14H17Cl2NS2. The molecule has 2 heterocycles. The van der Waals surface area contributed by atoms with Crippen molar-refractivity contribution in [3.63, 3.8) is 0 Å². The standard InChI is InChI=1S/C14H17Cl2NS2/c1-8(6-11-5-4-9(2)18-11)17-10(3)12-7-13(15)19-14(12)16/h4-5,7-8,10,17H,6H2,1-3H3. The molecule has 1 nitrogen and oxygen atoms in total. The second-order valence-corrected chi connectivity index (χ2v) is 8.44. The van der Waals surface area contributed by atoms with Gasteiger partial charge in [-0.2, -0.15) is 0 Å². The van der Waals surface area contributed by atoms with Crippen LogP contribution in [0.5, 0.6) is 0 Å². The summed E-state index contributed by atoms with van der Waals surface area (Å²) < 4.78 is 1.53. The number of nitrogens with one attached hydrogen (secondary N) is 1. The highest BCUT2D eigenvalue weighted by Crippen LogP contribution is 2.35. The molecule has 19 heavy (non-hydrogen) atoms. The molecule has 0 saturated heterocycles. The molecule has 0 aliphatic carbocycles. The third kappa shape index (κ3) is 4.20. The van der Waals surface area contributed by atoms with Gasteiger partial charge in [-0.1, -0.05) is 23.2 Å². The van der Waals surface area contributed by atoms with Crippen molar-refractivity contribution in [3.8, 4) is 0 Å². The Kier molecular flexibility index (Phi) is 5.32. The zero-order valence-electron chi connectivity index (χ0n) is 11.2. The van der Waals surface area contributed by atoms with Crippen molar-refractivity contribution in [1.82, 2.24) is 5.32 Å². The van der Waals surface area contributed by atoms with Crippen LogP contribution in [0.2, 0.25) is 8.67 Å². The Morgan fingerprint density at radius 3 is 2.47 bits per heavy atom. The average molecular weight is 334 g/mol. The molecule has 0 bridgehead atoms. The number of halogens is 2. The van der Waals surface area contributed by atoms with E-state index >= 15 is 0 Å². The van der Waals surface area contributed by atoms with E-state index in [1.165, 1.54) is 21.1 Å². The second kappa shape index (κ2) is 6.59. The van der Waals surface area contributed by atoms with Gasteiger partial charge in [-0.05, 0) is 51.0 Å². The summed E-state index contributed by atoms with van der Waals surface area (Å²) in [5.74, 6) is 0. The SMILES string of the molecule is Cc1ccc(CC(C)NC(C)c2cc(Cl)sc2Cl)s1.